The first-order chi connectivity index (χ1) is 10.1. The van der Waals surface area contributed by atoms with Gasteiger partial charge in [0.2, 0.25) is 0 Å². The number of benzene rings is 1. The highest BCUT2D eigenvalue weighted by Crippen LogP contribution is 2.38. The molecule has 8 heteroatoms. The van der Waals surface area contributed by atoms with Crippen LogP contribution in [-0.4, -0.2) is 11.3 Å². The number of halogens is 6. The van der Waals surface area contributed by atoms with Gasteiger partial charge in [0.25, 0.3) is 0 Å². The fraction of sp³-hybridized carbons (Fsp3) is 0.143. The summed E-state index contributed by atoms with van der Waals surface area (Å²) in [5, 5.41) is 0. The summed E-state index contributed by atoms with van der Waals surface area (Å²) in [6.07, 6.45) is -8.35. The molecule has 0 aliphatic carbocycles. The number of carbonyl (C=O) groups is 1. The molecule has 0 fully saturated rings. The zero-order valence-electron chi connectivity index (χ0n) is 10.7. The smallest absolute Gasteiger partial charge is 0.298 e. The van der Waals surface area contributed by atoms with Gasteiger partial charge in [-0.05, 0) is 23.8 Å². The number of aromatic nitrogens is 1. The van der Waals surface area contributed by atoms with Crippen LogP contribution in [0.2, 0.25) is 0 Å². The van der Waals surface area contributed by atoms with E-state index in [1.807, 2.05) is 0 Å². The van der Waals surface area contributed by atoms with Gasteiger partial charge >= 0.3 is 12.4 Å². The highest BCUT2D eigenvalue weighted by molar-refractivity contribution is 5.80. The molecule has 0 amide bonds. The van der Waals surface area contributed by atoms with E-state index < -0.39 is 29.2 Å². The second-order valence-electron chi connectivity index (χ2n) is 4.35. The Bertz CT molecular complexity index is 688. The van der Waals surface area contributed by atoms with E-state index in [-0.39, 0.29) is 11.1 Å². The Balaban J connectivity index is 2.58. The maximum atomic E-state index is 12.9. The highest BCUT2D eigenvalue weighted by atomic mass is 19.4. The summed E-state index contributed by atoms with van der Waals surface area (Å²) in [6, 6.07) is 4.12. The van der Waals surface area contributed by atoms with Crippen LogP contribution in [0.4, 0.5) is 26.3 Å². The molecule has 0 aliphatic rings. The van der Waals surface area contributed by atoms with Crippen molar-refractivity contribution in [3.8, 4) is 11.1 Å². The summed E-state index contributed by atoms with van der Waals surface area (Å²) in [4.78, 5) is 13.8. The lowest BCUT2D eigenvalue weighted by Crippen LogP contribution is -2.09. The minimum Gasteiger partial charge on any atom is -0.298 e. The average Bonchev–Trinajstić information content (AvgIpc) is 2.45. The topological polar surface area (TPSA) is 30.0 Å². The molecular weight excluding hydrogens is 312 g/mol. The zero-order chi connectivity index (χ0) is 16.5. The second kappa shape index (κ2) is 5.43. The van der Waals surface area contributed by atoms with Crippen molar-refractivity contribution in [3.05, 3.63) is 53.3 Å². The maximum Gasteiger partial charge on any atom is 0.433 e. The molecular formula is C14H7F6NO. The number of hydrogen-bond donors (Lipinski definition) is 0. The third-order valence-electron chi connectivity index (χ3n) is 2.85. The molecule has 2 rings (SSSR count). The van der Waals surface area contributed by atoms with Crippen LogP contribution in [-0.2, 0) is 12.4 Å². The Kier molecular flexibility index (Phi) is 3.95. The molecule has 1 aromatic carbocycles. The van der Waals surface area contributed by atoms with Crippen LogP contribution in [0.25, 0.3) is 11.1 Å². The van der Waals surface area contributed by atoms with Gasteiger partial charge in [0, 0.05) is 17.3 Å². The average molecular weight is 319 g/mol. The van der Waals surface area contributed by atoms with Gasteiger partial charge in [-0.3, -0.25) is 9.78 Å². The normalized spacial score (nSPS) is 12.3. The minimum absolute atomic E-state index is 0.0251. The van der Waals surface area contributed by atoms with Crippen LogP contribution in [0.5, 0.6) is 0 Å². The molecule has 2 aromatic rings. The van der Waals surface area contributed by atoms with Gasteiger partial charge in [-0.25, -0.2) is 0 Å². The predicted molar refractivity (Wildman–Crippen MR) is 65.1 cm³/mol. The van der Waals surface area contributed by atoms with Crippen LogP contribution in [0.15, 0.2) is 36.5 Å². The van der Waals surface area contributed by atoms with Gasteiger partial charge < -0.3 is 0 Å². The fourth-order valence-electron chi connectivity index (χ4n) is 1.84. The van der Waals surface area contributed by atoms with Crippen molar-refractivity contribution in [2.45, 2.75) is 12.4 Å². The summed E-state index contributed by atoms with van der Waals surface area (Å²) in [7, 11) is 0. The summed E-state index contributed by atoms with van der Waals surface area (Å²) in [5.74, 6) is 0. The molecule has 1 aromatic heterocycles. The van der Waals surface area contributed by atoms with Crippen LogP contribution >= 0.6 is 0 Å². The summed E-state index contributed by atoms with van der Waals surface area (Å²) in [6.45, 7) is 0. The van der Waals surface area contributed by atoms with E-state index in [1.165, 1.54) is 0 Å². The van der Waals surface area contributed by atoms with Crippen molar-refractivity contribution < 1.29 is 31.1 Å². The van der Waals surface area contributed by atoms with Gasteiger partial charge in [-0.15, -0.1) is 0 Å². The number of rotatable bonds is 2. The summed E-state index contributed by atoms with van der Waals surface area (Å²) in [5.41, 5.74) is -2.86. The first-order valence-corrected chi connectivity index (χ1v) is 5.83. The number of carbonyl (C=O) groups excluding carboxylic acids is 1. The Morgan fingerprint density at radius 3 is 2.05 bits per heavy atom. The quantitative estimate of drug-likeness (QED) is 0.598. The van der Waals surface area contributed by atoms with Crippen LogP contribution in [0, 0.1) is 0 Å². The lowest BCUT2D eigenvalue weighted by Gasteiger charge is -2.14. The number of nitrogens with zero attached hydrogens (tertiary/aromatic N) is 1. The van der Waals surface area contributed by atoms with Crippen molar-refractivity contribution in [1.82, 2.24) is 4.98 Å². The largest absolute Gasteiger partial charge is 0.433 e. The van der Waals surface area contributed by atoms with E-state index in [4.69, 9.17) is 0 Å². The summed E-state index contributed by atoms with van der Waals surface area (Å²) >= 11 is 0. The van der Waals surface area contributed by atoms with Crippen molar-refractivity contribution in [1.29, 1.82) is 0 Å². The summed E-state index contributed by atoms with van der Waals surface area (Å²) < 4.78 is 76.1. The molecule has 0 bridgehead atoms. The lowest BCUT2D eigenvalue weighted by atomic mass is 9.98. The molecule has 0 aliphatic heterocycles. The van der Waals surface area contributed by atoms with Crippen molar-refractivity contribution >= 4 is 6.29 Å². The van der Waals surface area contributed by atoms with Gasteiger partial charge in [-0.2, -0.15) is 26.3 Å². The molecule has 1 heterocycles. The predicted octanol–water partition coefficient (Wildman–Crippen LogP) is 4.60. The van der Waals surface area contributed by atoms with Crippen LogP contribution in [0.1, 0.15) is 21.6 Å². The van der Waals surface area contributed by atoms with E-state index in [1.54, 1.807) is 0 Å². The maximum absolute atomic E-state index is 12.9. The Morgan fingerprint density at radius 2 is 1.59 bits per heavy atom. The van der Waals surface area contributed by atoms with E-state index in [0.717, 1.165) is 18.2 Å². The first kappa shape index (κ1) is 16.0. The fourth-order valence-corrected chi connectivity index (χ4v) is 1.84. The Morgan fingerprint density at radius 1 is 0.909 bits per heavy atom. The second-order valence-corrected chi connectivity index (χ2v) is 4.35. The van der Waals surface area contributed by atoms with Gasteiger partial charge in [-0.1, -0.05) is 12.1 Å². The van der Waals surface area contributed by atoms with E-state index in [2.05, 4.69) is 4.98 Å². The van der Waals surface area contributed by atoms with E-state index in [0.29, 0.717) is 24.6 Å². The van der Waals surface area contributed by atoms with Crippen molar-refractivity contribution in [2.24, 2.45) is 0 Å². The third-order valence-corrected chi connectivity index (χ3v) is 2.85. The standard InChI is InChI=1S/C14H7F6NO/c15-13(16,17)11-3-1-8(7-22)5-10(11)9-2-4-12(21-6-9)14(18,19)20/h1-7H. The molecule has 0 saturated heterocycles. The molecule has 2 nitrogen and oxygen atoms in total. The van der Waals surface area contributed by atoms with E-state index in [9.17, 15) is 31.1 Å². The minimum atomic E-state index is -4.71. The molecule has 0 N–H and O–H groups in total. The molecule has 22 heavy (non-hydrogen) atoms. The van der Waals surface area contributed by atoms with Crippen LogP contribution < -0.4 is 0 Å². The zero-order valence-corrected chi connectivity index (χ0v) is 10.7. The molecule has 0 radical (unpaired) electrons. The van der Waals surface area contributed by atoms with Crippen LogP contribution in [0.3, 0.4) is 0 Å². The third kappa shape index (κ3) is 3.26. The monoisotopic (exact) mass is 319 g/mol. The Labute approximate surface area is 120 Å². The van der Waals surface area contributed by atoms with Crippen molar-refractivity contribution in [3.63, 3.8) is 0 Å². The number of alkyl halides is 6. The molecule has 0 spiro atoms. The number of pyridine rings is 1. The number of hydrogen-bond acceptors (Lipinski definition) is 2. The first-order valence-electron chi connectivity index (χ1n) is 5.83. The highest BCUT2D eigenvalue weighted by Gasteiger charge is 2.35. The van der Waals surface area contributed by atoms with Gasteiger partial charge in [0.15, 0.2) is 0 Å². The molecule has 0 unspecified atom stereocenters. The molecule has 0 atom stereocenters. The Hall–Kier alpha value is -2.38. The number of aldehydes is 1. The lowest BCUT2D eigenvalue weighted by molar-refractivity contribution is -0.141. The van der Waals surface area contributed by atoms with E-state index >= 15 is 0 Å². The SMILES string of the molecule is O=Cc1ccc(C(F)(F)F)c(-c2ccc(C(F)(F)F)nc2)c1. The van der Waals surface area contributed by atoms with Gasteiger partial charge in [0.05, 0.1) is 5.56 Å². The molecule has 0 saturated carbocycles. The molecule has 116 valence electrons. The van der Waals surface area contributed by atoms with Gasteiger partial charge in [0.1, 0.15) is 12.0 Å². The van der Waals surface area contributed by atoms with Crippen molar-refractivity contribution in [2.75, 3.05) is 0 Å².